The van der Waals surface area contributed by atoms with Crippen molar-refractivity contribution in [2.45, 2.75) is 178 Å². The Hall–Kier alpha value is -2.31. The Labute approximate surface area is 345 Å². The smallest absolute Gasteiger partial charge is 0.306 e. The second-order valence-corrected chi connectivity index (χ2v) is 14.8. The molecule has 58 heavy (non-hydrogen) atoms. The molecule has 334 valence electrons. The molecule has 0 aromatic rings. The summed E-state index contributed by atoms with van der Waals surface area (Å²) in [6.07, 6.45) is 19.1. The zero-order valence-electron chi connectivity index (χ0n) is 34.8. The molecule has 11 atom stereocenters. The molecule has 0 aliphatic carbocycles. The maximum absolute atomic E-state index is 12.8. The van der Waals surface area contributed by atoms with Crippen molar-refractivity contribution >= 4 is 5.97 Å². The Bertz CT molecular complexity index is 1190. The lowest BCUT2D eigenvalue weighted by atomic mass is 9.98. The fraction of sp³-hybridized carbons (Fsp3) is 0.750. The SMILES string of the molecule is CC/C=C\C/C=C\C/C=C\C/C=C\C/C=C\CCCCOCC(COC1OC(COC2OC(CO)C(O)C(O)C2O)C(O)C(O)C1O)OC(=O)CCCCCCCC. The third-order valence-corrected chi connectivity index (χ3v) is 9.79. The first kappa shape index (κ1) is 51.8. The number of hydrogen-bond acceptors (Lipinski definition) is 14. The zero-order valence-corrected chi connectivity index (χ0v) is 34.8. The highest BCUT2D eigenvalue weighted by atomic mass is 16.7. The quantitative estimate of drug-likeness (QED) is 0.0296. The number of allylic oxidation sites excluding steroid dienone is 10. The molecule has 0 radical (unpaired) electrons. The number of unbranched alkanes of at least 4 members (excludes halogenated alkanes) is 7. The summed E-state index contributed by atoms with van der Waals surface area (Å²) in [5, 5.41) is 71.6. The topological polar surface area (TPSA) is 214 Å². The summed E-state index contributed by atoms with van der Waals surface area (Å²) in [5.74, 6) is -0.405. The van der Waals surface area contributed by atoms with E-state index in [-0.39, 0.29) is 19.6 Å². The molecule has 0 saturated carbocycles. The van der Waals surface area contributed by atoms with Gasteiger partial charge in [-0.05, 0) is 57.8 Å². The molecule has 0 aromatic heterocycles. The third-order valence-electron chi connectivity index (χ3n) is 9.79. The molecule has 2 aliphatic heterocycles. The fourth-order valence-corrected chi connectivity index (χ4v) is 6.25. The van der Waals surface area contributed by atoms with Gasteiger partial charge in [0.15, 0.2) is 12.6 Å². The number of aliphatic hydroxyl groups is 7. The summed E-state index contributed by atoms with van der Waals surface area (Å²) in [6, 6.07) is 0. The fourth-order valence-electron chi connectivity index (χ4n) is 6.25. The predicted octanol–water partition coefficient (Wildman–Crippen LogP) is 4.23. The first-order valence-corrected chi connectivity index (χ1v) is 21.4. The second kappa shape index (κ2) is 32.5. The number of carbonyl (C=O) groups excluding carboxylic acids is 1. The van der Waals surface area contributed by atoms with Crippen molar-refractivity contribution in [1.29, 1.82) is 0 Å². The van der Waals surface area contributed by atoms with Gasteiger partial charge in [0.05, 0.1) is 26.4 Å². The van der Waals surface area contributed by atoms with Gasteiger partial charge in [-0.25, -0.2) is 0 Å². The van der Waals surface area contributed by atoms with Gasteiger partial charge in [-0.1, -0.05) is 107 Å². The van der Waals surface area contributed by atoms with E-state index in [1.54, 1.807) is 0 Å². The molecule has 7 N–H and O–H groups in total. The molecule has 2 rings (SSSR count). The average Bonchev–Trinajstić information content (AvgIpc) is 3.22. The van der Waals surface area contributed by atoms with Crippen molar-refractivity contribution < 1.29 is 69.0 Å². The monoisotopic (exact) mass is 827 g/mol. The molecule has 0 bridgehead atoms. The Morgan fingerprint density at radius 2 is 1.12 bits per heavy atom. The second-order valence-electron chi connectivity index (χ2n) is 14.8. The molecule has 14 nitrogen and oxygen atoms in total. The minimum absolute atomic E-state index is 0.0293. The van der Waals surface area contributed by atoms with Gasteiger partial charge < -0.3 is 64.2 Å². The Morgan fingerprint density at radius 1 is 0.586 bits per heavy atom. The van der Waals surface area contributed by atoms with Crippen molar-refractivity contribution in [1.82, 2.24) is 0 Å². The van der Waals surface area contributed by atoms with Crippen LogP contribution < -0.4 is 0 Å². The standard InChI is InChI=1S/C44H74O14/c1-3-5-7-9-11-12-13-14-15-16-17-18-19-20-21-22-24-26-28-53-30-33(56-36(46)27-25-23-10-8-6-4-2)31-54-43-42(52)40(50)38(48)35(58-43)32-55-44-41(51)39(49)37(47)34(29-45)57-44/h5,7,11-12,14-15,17-18,20-21,33-35,37-45,47-52H,3-4,6,8-10,13,16,19,22-32H2,1-2H3/b7-5-,12-11-,15-14-,18-17-,21-20-. The predicted molar refractivity (Wildman–Crippen MR) is 219 cm³/mol. The van der Waals surface area contributed by atoms with Gasteiger partial charge in [-0.15, -0.1) is 0 Å². The maximum atomic E-state index is 12.8. The van der Waals surface area contributed by atoms with Crippen LogP contribution in [0, 0.1) is 0 Å². The van der Waals surface area contributed by atoms with E-state index in [9.17, 15) is 40.5 Å². The molecule has 0 aromatic carbocycles. The van der Waals surface area contributed by atoms with Crippen molar-refractivity contribution in [2.75, 3.05) is 33.0 Å². The van der Waals surface area contributed by atoms with Gasteiger partial charge in [0.2, 0.25) is 0 Å². The van der Waals surface area contributed by atoms with Gasteiger partial charge in [-0.3, -0.25) is 4.79 Å². The Balaban J connectivity index is 1.80. The number of hydrogen-bond donors (Lipinski definition) is 7. The molecule has 0 spiro atoms. The number of aliphatic hydroxyl groups excluding tert-OH is 7. The van der Waals surface area contributed by atoms with E-state index >= 15 is 0 Å². The third kappa shape index (κ3) is 21.3. The molecular formula is C44H74O14. The molecule has 0 amide bonds. The first-order valence-electron chi connectivity index (χ1n) is 21.4. The minimum atomic E-state index is -1.71. The zero-order chi connectivity index (χ0) is 42.4. The van der Waals surface area contributed by atoms with E-state index in [1.807, 2.05) is 0 Å². The first-order chi connectivity index (χ1) is 28.1. The summed E-state index contributed by atoms with van der Waals surface area (Å²) < 4.78 is 33.9. The molecule has 2 saturated heterocycles. The van der Waals surface area contributed by atoms with Crippen LogP contribution in [0.5, 0.6) is 0 Å². The summed E-state index contributed by atoms with van der Waals surface area (Å²) in [5.41, 5.74) is 0. The van der Waals surface area contributed by atoms with Crippen molar-refractivity contribution in [2.24, 2.45) is 0 Å². The molecular weight excluding hydrogens is 752 g/mol. The lowest BCUT2D eigenvalue weighted by Gasteiger charge is -2.42. The van der Waals surface area contributed by atoms with Gasteiger partial charge in [0, 0.05) is 13.0 Å². The molecule has 14 heteroatoms. The number of carbonyl (C=O) groups is 1. The maximum Gasteiger partial charge on any atom is 0.306 e. The number of rotatable bonds is 31. The van der Waals surface area contributed by atoms with Crippen LogP contribution in [0.4, 0.5) is 0 Å². The van der Waals surface area contributed by atoms with E-state index in [0.717, 1.165) is 83.5 Å². The Kier molecular flexibility index (Phi) is 29.0. The van der Waals surface area contributed by atoms with E-state index < -0.39 is 86.7 Å². The van der Waals surface area contributed by atoms with Crippen LogP contribution in [0.25, 0.3) is 0 Å². The van der Waals surface area contributed by atoms with E-state index in [1.165, 1.54) is 0 Å². The van der Waals surface area contributed by atoms with Crippen molar-refractivity contribution in [3.8, 4) is 0 Å². The molecule has 11 unspecified atom stereocenters. The van der Waals surface area contributed by atoms with E-state index in [2.05, 4.69) is 74.6 Å². The lowest BCUT2D eigenvalue weighted by molar-refractivity contribution is -0.332. The van der Waals surface area contributed by atoms with Crippen molar-refractivity contribution in [3.05, 3.63) is 60.8 Å². The highest BCUT2D eigenvalue weighted by molar-refractivity contribution is 5.69. The minimum Gasteiger partial charge on any atom is -0.457 e. The van der Waals surface area contributed by atoms with Crippen LogP contribution >= 0.6 is 0 Å². The molecule has 2 fully saturated rings. The van der Waals surface area contributed by atoms with E-state index in [4.69, 9.17) is 28.4 Å². The van der Waals surface area contributed by atoms with Gasteiger partial charge in [0.1, 0.15) is 54.9 Å². The normalized spacial score (nSPS) is 28.8. The summed E-state index contributed by atoms with van der Waals surface area (Å²) >= 11 is 0. The average molecular weight is 827 g/mol. The summed E-state index contributed by atoms with van der Waals surface area (Å²) in [7, 11) is 0. The summed E-state index contributed by atoms with van der Waals surface area (Å²) in [4.78, 5) is 12.8. The number of ether oxygens (including phenoxy) is 6. The van der Waals surface area contributed by atoms with Crippen LogP contribution in [0.15, 0.2) is 60.8 Å². The summed E-state index contributed by atoms with van der Waals surface area (Å²) in [6.45, 7) is 3.34. The molecule has 2 aliphatic rings. The van der Waals surface area contributed by atoms with Crippen LogP contribution in [0.3, 0.4) is 0 Å². The van der Waals surface area contributed by atoms with Crippen molar-refractivity contribution in [3.63, 3.8) is 0 Å². The number of esters is 1. The van der Waals surface area contributed by atoms with Crippen LogP contribution in [-0.2, 0) is 33.2 Å². The van der Waals surface area contributed by atoms with Gasteiger partial charge in [0.25, 0.3) is 0 Å². The van der Waals surface area contributed by atoms with Crippen LogP contribution in [0.1, 0.15) is 110 Å². The van der Waals surface area contributed by atoms with Crippen LogP contribution in [0.2, 0.25) is 0 Å². The van der Waals surface area contributed by atoms with E-state index in [0.29, 0.717) is 13.0 Å². The van der Waals surface area contributed by atoms with Gasteiger partial charge >= 0.3 is 5.97 Å². The van der Waals surface area contributed by atoms with Crippen LogP contribution in [-0.4, -0.2) is 142 Å². The largest absolute Gasteiger partial charge is 0.457 e. The lowest BCUT2D eigenvalue weighted by Crippen LogP contribution is -2.61. The molecule has 2 heterocycles. The highest BCUT2D eigenvalue weighted by Crippen LogP contribution is 2.26. The van der Waals surface area contributed by atoms with Gasteiger partial charge in [-0.2, -0.15) is 0 Å². The highest BCUT2D eigenvalue weighted by Gasteiger charge is 2.47. The Morgan fingerprint density at radius 3 is 1.72 bits per heavy atom.